The van der Waals surface area contributed by atoms with Gasteiger partial charge in [0.05, 0.1) is 17.8 Å². The number of ether oxygens (including phenoxy) is 1. The standard InChI is InChI=1S/C22H22N6O5/c29-22(18-2-1-10-32-18)27-8-6-26(7-9-27)21-19(28(30)31)20(24-14-25-21)23-13-15-3-4-17-16(12-15)5-11-33-17/h1-4,10,12,14H,5-9,11,13H2,(H,23,24,25). The van der Waals surface area contributed by atoms with Crippen molar-refractivity contribution in [3.63, 3.8) is 0 Å². The van der Waals surface area contributed by atoms with Gasteiger partial charge in [-0.1, -0.05) is 12.1 Å². The van der Waals surface area contributed by atoms with Crippen molar-refractivity contribution >= 4 is 23.2 Å². The van der Waals surface area contributed by atoms with Crippen LogP contribution in [0.1, 0.15) is 21.7 Å². The average Bonchev–Trinajstić information content (AvgIpc) is 3.54. The van der Waals surface area contributed by atoms with E-state index in [-0.39, 0.29) is 29.0 Å². The third-order valence-electron chi connectivity index (χ3n) is 5.80. The molecule has 0 spiro atoms. The quantitative estimate of drug-likeness (QED) is 0.445. The van der Waals surface area contributed by atoms with Crippen LogP contribution in [-0.2, 0) is 13.0 Å². The molecule has 5 rings (SSSR count). The van der Waals surface area contributed by atoms with E-state index >= 15 is 0 Å². The van der Waals surface area contributed by atoms with Gasteiger partial charge in [0, 0.05) is 39.1 Å². The van der Waals surface area contributed by atoms with Crippen LogP contribution in [0.25, 0.3) is 0 Å². The Morgan fingerprint density at radius 2 is 2.03 bits per heavy atom. The first kappa shape index (κ1) is 20.7. The smallest absolute Gasteiger partial charge is 0.353 e. The van der Waals surface area contributed by atoms with Crippen molar-refractivity contribution < 1.29 is 18.9 Å². The molecule has 0 aliphatic carbocycles. The maximum absolute atomic E-state index is 12.5. The second-order valence-corrected chi connectivity index (χ2v) is 7.80. The van der Waals surface area contributed by atoms with E-state index in [0.29, 0.717) is 39.3 Å². The number of nitrogens with one attached hydrogen (secondary N) is 1. The van der Waals surface area contributed by atoms with Crippen LogP contribution in [0.5, 0.6) is 5.75 Å². The lowest BCUT2D eigenvalue weighted by atomic mass is 10.1. The molecule has 4 heterocycles. The third kappa shape index (κ3) is 4.16. The fraction of sp³-hybridized carbons (Fsp3) is 0.318. The van der Waals surface area contributed by atoms with Gasteiger partial charge in [-0.2, -0.15) is 0 Å². The van der Waals surface area contributed by atoms with Crippen LogP contribution in [0.4, 0.5) is 17.3 Å². The summed E-state index contributed by atoms with van der Waals surface area (Å²) in [5.41, 5.74) is 1.95. The molecule has 1 fully saturated rings. The fourth-order valence-electron chi connectivity index (χ4n) is 4.11. The fourth-order valence-corrected chi connectivity index (χ4v) is 4.11. The number of carbonyl (C=O) groups is 1. The molecule has 170 valence electrons. The minimum atomic E-state index is -0.464. The Balaban J connectivity index is 1.30. The van der Waals surface area contributed by atoms with E-state index in [1.807, 2.05) is 23.1 Å². The van der Waals surface area contributed by atoms with Crippen LogP contribution in [0.15, 0.2) is 47.3 Å². The van der Waals surface area contributed by atoms with Crippen LogP contribution < -0.4 is 15.0 Å². The number of rotatable bonds is 6. The number of nitro groups is 1. The number of fused-ring (bicyclic) bond motifs is 1. The molecule has 1 N–H and O–H groups in total. The van der Waals surface area contributed by atoms with Crippen LogP contribution in [0.3, 0.4) is 0 Å². The summed E-state index contributed by atoms with van der Waals surface area (Å²) >= 11 is 0. The summed E-state index contributed by atoms with van der Waals surface area (Å²) in [6.07, 6.45) is 3.63. The zero-order valence-corrected chi connectivity index (χ0v) is 17.8. The number of furan rings is 1. The highest BCUT2D eigenvalue weighted by Crippen LogP contribution is 2.33. The van der Waals surface area contributed by atoms with E-state index in [9.17, 15) is 14.9 Å². The number of hydrogen-bond donors (Lipinski definition) is 1. The average molecular weight is 450 g/mol. The zero-order chi connectivity index (χ0) is 22.8. The molecule has 1 amide bonds. The Hall–Kier alpha value is -4.15. The molecule has 11 nitrogen and oxygen atoms in total. The minimum Gasteiger partial charge on any atom is -0.493 e. The van der Waals surface area contributed by atoms with E-state index in [2.05, 4.69) is 15.3 Å². The number of carbonyl (C=O) groups excluding carboxylic acids is 1. The molecule has 2 aliphatic heterocycles. The normalized spacial score (nSPS) is 15.2. The molecular weight excluding hydrogens is 428 g/mol. The van der Waals surface area contributed by atoms with Gasteiger partial charge < -0.3 is 24.3 Å². The molecule has 2 aromatic heterocycles. The van der Waals surface area contributed by atoms with Crippen molar-refractivity contribution in [2.24, 2.45) is 0 Å². The summed E-state index contributed by atoms with van der Waals surface area (Å²) < 4.78 is 10.7. The molecule has 2 aliphatic rings. The second-order valence-electron chi connectivity index (χ2n) is 7.80. The van der Waals surface area contributed by atoms with E-state index in [1.165, 1.54) is 12.6 Å². The Labute approximate surface area is 189 Å². The molecule has 0 saturated carbocycles. The molecule has 11 heteroatoms. The van der Waals surface area contributed by atoms with Crippen molar-refractivity contribution in [2.75, 3.05) is 43.0 Å². The predicted molar refractivity (Wildman–Crippen MR) is 118 cm³/mol. The van der Waals surface area contributed by atoms with E-state index in [0.717, 1.165) is 23.3 Å². The number of aromatic nitrogens is 2. The molecule has 0 radical (unpaired) electrons. The molecule has 1 saturated heterocycles. The van der Waals surface area contributed by atoms with Crippen molar-refractivity contribution in [1.82, 2.24) is 14.9 Å². The van der Waals surface area contributed by atoms with Crippen LogP contribution in [-0.4, -0.2) is 58.5 Å². The number of nitrogens with zero attached hydrogens (tertiary/aromatic N) is 5. The molecule has 1 aromatic carbocycles. The van der Waals surface area contributed by atoms with Crippen molar-refractivity contribution in [3.05, 3.63) is 69.9 Å². The molecule has 0 atom stereocenters. The number of amides is 1. The molecule has 3 aromatic rings. The Kier molecular flexibility index (Phi) is 5.51. The first-order valence-corrected chi connectivity index (χ1v) is 10.7. The van der Waals surface area contributed by atoms with Gasteiger partial charge >= 0.3 is 5.69 Å². The van der Waals surface area contributed by atoms with Crippen LogP contribution >= 0.6 is 0 Å². The zero-order valence-electron chi connectivity index (χ0n) is 17.8. The topological polar surface area (TPSA) is 127 Å². The molecular formula is C22H22N6O5. The van der Waals surface area contributed by atoms with Crippen LogP contribution in [0, 0.1) is 10.1 Å². The van der Waals surface area contributed by atoms with Gasteiger partial charge in [0.2, 0.25) is 11.6 Å². The maximum atomic E-state index is 12.5. The summed E-state index contributed by atoms with van der Waals surface area (Å²) in [7, 11) is 0. The van der Waals surface area contributed by atoms with Gasteiger partial charge in [-0.25, -0.2) is 9.97 Å². The molecule has 0 bridgehead atoms. The number of piperazine rings is 1. The van der Waals surface area contributed by atoms with Crippen molar-refractivity contribution in [3.8, 4) is 5.75 Å². The van der Waals surface area contributed by atoms with Gasteiger partial charge in [-0.15, -0.1) is 0 Å². The highest BCUT2D eigenvalue weighted by molar-refractivity contribution is 5.91. The number of hydrogen-bond acceptors (Lipinski definition) is 9. The highest BCUT2D eigenvalue weighted by Gasteiger charge is 2.31. The van der Waals surface area contributed by atoms with Gasteiger partial charge in [-0.3, -0.25) is 14.9 Å². The lowest BCUT2D eigenvalue weighted by molar-refractivity contribution is -0.383. The lowest BCUT2D eigenvalue weighted by Crippen LogP contribution is -2.49. The van der Waals surface area contributed by atoms with E-state index < -0.39 is 4.92 Å². The number of benzene rings is 1. The minimum absolute atomic E-state index is 0.163. The van der Waals surface area contributed by atoms with Gasteiger partial charge in [0.15, 0.2) is 5.76 Å². The monoisotopic (exact) mass is 450 g/mol. The first-order valence-electron chi connectivity index (χ1n) is 10.7. The van der Waals surface area contributed by atoms with E-state index in [1.54, 1.807) is 17.0 Å². The summed E-state index contributed by atoms with van der Waals surface area (Å²) in [4.78, 5) is 35.8. The molecule has 0 unspecified atom stereocenters. The third-order valence-corrected chi connectivity index (χ3v) is 5.80. The Bertz CT molecular complexity index is 1170. The Morgan fingerprint density at radius 3 is 2.79 bits per heavy atom. The summed E-state index contributed by atoms with van der Waals surface area (Å²) in [6.45, 7) is 2.69. The first-order chi connectivity index (χ1) is 16.1. The van der Waals surface area contributed by atoms with Crippen molar-refractivity contribution in [1.29, 1.82) is 0 Å². The summed E-state index contributed by atoms with van der Waals surface area (Å²) in [5.74, 6) is 1.37. The van der Waals surface area contributed by atoms with Gasteiger partial charge in [-0.05, 0) is 29.3 Å². The summed E-state index contributed by atoms with van der Waals surface area (Å²) in [5, 5.41) is 15.0. The van der Waals surface area contributed by atoms with E-state index in [4.69, 9.17) is 9.15 Å². The lowest BCUT2D eigenvalue weighted by Gasteiger charge is -2.34. The van der Waals surface area contributed by atoms with Gasteiger partial charge in [0.1, 0.15) is 12.1 Å². The second kappa shape index (κ2) is 8.77. The SMILES string of the molecule is O=C(c1ccco1)N1CCN(c2ncnc(NCc3ccc4c(c3)CCO4)c2[N+](=O)[O-])CC1. The number of anilines is 2. The largest absolute Gasteiger partial charge is 0.493 e. The summed E-state index contributed by atoms with van der Waals surface area (Å²) in [6, 6.07) is 9.18. The predicted octanol–water partition coefficient (Wildman–Crippen LogP) is 2.49. The van der Waals surface area contributed by atoms with Crippen LogP contribution in [0.2, 0.25) is 0 Å². The Morgan fingerprint density at radius 1 is 1.18 bits per heavy atom. The van der Waals surface area contributed by atoms with Crippen molar-refractivity contribution in [2.45, 2.75) is 13.0 Å². The molecule has 33 heavy (non-hydrogen) atoms. The highest BCUT2D eigenvalue weighted by atomic mass is 16.6. The van der Waals surface area contributed by atoms with Gasteiger partial charge in [0.25, 0.3) is 5.91 Å². The maximum Gasteiger partial charge on any atom is 0.353 e.